The number of fused-ring (bicyclic) bond motifs is 1. The number of aryl methyl sites for hydroxylation is 1. The van der Waals surface area contributed by atoms with Gasteiger partial charge in [-0.15, -0.1) is 0 Å². The molecule has 2 rings (SSSR count). The number of carbonyl (C=O) groups excluding carboxylic acids is 2. The fourth-order valence-electron chi connectivity index (χ4n) is 2.03. The van der Waals surface area contributed by atoms with Crippen LogP contribution in [0.3, 0.4) is 0 Å². The van der Waals surface area contributed by atoms with E-state index in [-0.39, 0.29) is 5.91 Å². The first-order valence-electron chi connectivity index (χ1n) is 5.29. The average Bonchev–Trinajstić information content (AvgIpc) is 2.63. The van der Waals surface area contributed by atoms with Gasteiger partial charge in [-0.2, -0.15) is 0 Å². The fourth-order valence-corrected chi connectivity index (χ4v) is 2.56. The molecule has 1 unspecified atom stereocenters. The maximum absolute atomic E-state index is 11.8. The topological polar surface area (TPSA) is 55.4 Å². The van der Waals surface area contributed by atoms with Gasteiger partial charge >= 0.3 is 5.97 Å². The van der Waals surface area contributed by atoms with Gasteiger partial charge < -0.3 is 10.1 Å². The number of hydrogen-bond donors (Lipinski definition) is 1. The molecule has 0 spiro atoms. The number of nitrogens with one attached hydrogen (secondary N) is 1. The van der Waals surface area contributed by atoms with E-state index in [0.717, 1.165) is 22.1 Å². The van der Waals surface area contributed by atoms with Crippen molar-refractivity contribution in [2.24, 2.45) is 0 Å². The van der Waals surface area contributed by atoms with Crippen molar-refractivity contribution >= 4 is 33.5 Å². The molecule has 1 aliphatic heterocycles. The SMILES string of the molecule is CCc1cc(Br)cc2c1NC(=O)C2C(=O)OC. The van der Waals surface area contributed by atoms with E-state index < -0.39 is 11.9 Å². The molecule has 0 radical (unpaired) electrons. The van der Waals surface area contributed by atoms with Gasteiger partial charge in [-0.1, -0.05) is 22.9 Å². The summed E-state index contributed by atoms with van der Waals surface area (Å²) in [6.07, 6.45) is 0.788. The molecule has 0 aliphatic carbocycles. The highest BCUT2D eigenvalue weighted by Gasteiger charge is 2.38. The molecule has 1 amide bonds. The number of benzene rings is 1. The van der Waals surface area contributed by atoms with Crippen LogP contribution in [-0.2, 0) is 20.7 Å². The van der Waals surface area contributed by atoms with Gasteiger partial charge in [0.25, 0.3) is 0 Å². The molecule has 1 heterocycles. The minimum atomic E-state index is -0.849. The van der Waals surface area contributed by atoms with Gasteiger partial charge in [0.2, 0.25) is 5.91 Å². The second kappa shape index (κ2) is 4.49. The Kier molecular flexibility index (Phi) is 3.19. The van der Waals surface area contributed by atoms with E-state index in [4.69, 9.17) is 0 Å². The van der Waals surface area contributed by atoms with Crippen molar-refractivity contribution in [2.45, 2.75) is 19.3 Å². The number of esters is 1. The average molecular weight is 298 g/mol. The van der Waals surface area contributed by atoms with Gasteiger partial charge in [0.15, 0.2) is 5.92 Å². The Bertz CT molecular complexity index is 499. The third-order valence-electron chi connectivity index (χ3n) is 2.85. The summed E-state index contributed by atoms with van der Waals surface area (Å²) in [6.45, 7) is 2.00. The van der Waals surface area contributed by atoms with E-state index in [1.807, 2.05) is 13.0 Å². The highest BCUT2D eigenvalue weighted by molar-refractivity contribution is 9.10. The molecule has 17 heavy (non-hydrogen) atoms. The van der Waals surface area contributed by atoms with Crippen molar-refractivity contribution in [3.63, 3.8) is 0 Å². The Morgan fingerprint density at radius 3 is 2.82 bits per heavy atom. The standard InChI is InChI=1S/C12H12BrNO3/c1-3-6-4-7(13)5-8-9(12(16)17-2)11(15)14-10(6)8/h4-5,9H,3H2,1-2H3,(H,14,15). The Hall–Kier alpha value is -1.36. The first kappa shape index (κ1) is 12.1. The summed E-state index contributed by atoms with van der Waals surface area (Å²) in [7, 11) is 1.28. The Labute approximate surface area is 107 Å². The monoisotopic (exact) mass is 297 g/mol. The minimum absolute atomic E-state index is 0.320. The summed E-state index contributed by atoms with van der Waals surface area (Å²) in [5.41, 5.74) is 2.44. The number of ether oxygens (including phenoxy) is 1. The molecule has 0 saturated heterocycles. The van der Waals surface area contributed by atoms with Crippen LogP contribution in [0.4, 0.5) is 5.69 Å². The summed E-state index contributed by atoms with van der Waals surface area (Å²) in [5.74, 6) is -1.70. The lowest BCUT2D eigenvalue weighted by molar-refractivity contribution is -0.144. The molecule has 4 nitrogen and oxygen atoms in total. The van der Waals surface area contributed by atoms with Gasteiger partial charge in [0, 0.05) is 15.7 Å². The molecular weight excluding hydrogens is 286 g/mol. The maximum atomic E-state index is 11.8. The van der Waals surface area contributed by atoms with E-state index in [1.165, 1.54) is 7.11 Å². The van der Waals surface area contributed by atoms with E-state index in [9.17, 15) is 9.59 Å². The summed E-state index contributed by atoms with van der Waals surface area (Å²) >= 11 is 3.38. The van der Waals surface area contributed by atoms with Crippen LogP contribution in [0.1, 0.15) is 24.0 Å². The predicted molar refractivity (Wildman–Crippen MR) is 66.9 cm³/mol. The van der Waals surface area contributed by atoms with Gasteiger partial charge in [-0.05, 0) is 24.1 Å². The lowest BCUT2D eigenvalue weighted by Gasteiger charge is -2.08. The van der Waals surface area contributed by atoms with Crippen LogP contribution in [0.5, 0.6) is 0 Å². The van der Waals surface area contributed by atoms with Gasteiger partial charge in [0.05, 0.1) is 7.11 Å². The second-order valence-electron chi connectivity index (χ2n) is 3.83. The zero-order chi connectivity index (χ0) is 12.6. The number of rotatable bonds is 2. The zero-order valence-corrected chi connectivity index (χ0v) is 11.1. The summed E-state index contributed by atoms with van der Waals surface area (Å²) < 4.78 is 5.52. The number of methoxy groups -OCH3 is 1. The number of amides is 1. The van der Waals surface area contributed by atoms with Crippen molar-refractivity contribution in [3.05, 3.63) is 27.7 Å². The Morgan fingerprint density at radius 2 is 2.24 bits per heavy atom. The molecule has 1 aromatic carbocycles. The number of anilines is 1. The maximum Gasteiger partial charge on any atom is 0.322 e. The number of halogens is 1. The zero-order valence-electron chi connectivity index (χ0n) is 9.54. The molecule has 0 aromatic heterocycles. The Balaban J connectivity index is 2.56. The number of hydrogen-bond acceptors (Lipinski definition) is 3. The molecule has 1 aromatic rings. The van der Waals surface area contributed by atoms with Crippen LogP contribution in [0.25, 0.3) is 0 Å². The van der Waals surface area contributed by atoms with Crippen LogP contribution in [-0.4, -0.2) is 19.0 Å². The van der Waals surface area contributed by atoms with Crippen molar-refractivity contribution in [3.8, 4) is 0 Å². The molecule has 5 heteroatoms. The smallest absolute Gasteiger partial charge is 0.322 e. The first-order chi connectivity index (χ1) is 8.08. The third-order valence-corrected chi connectivity index (χ3v) is 3.31. The lowest BCUT2D eigenvalue weighted by atomic mass is 9.98. The lowest BCUT2D eigenvalue weighted by Crippen LogP contribution is -2.21. The van der Waals surface area contributed by atoms with E-state index in [0.29, 0.717) is 5.56 Å². The highest BCUT2D eigenvalue weighted by atomic mass is 79.9. The fraction of sp³-hybridized carbons (Fsp3) is 0.333. The highest BCUT2D eigenvalue weighted by Crippen LogP contribution is 2.38. The molecule has 0 bridgehead atoms. The van der Waals surface area contributed by atoms with Crippen LogP contribution < -0.4 is 5.32 Å². The molecule has 90 valence electrons. The molecule has 1 N–H and O–H groups in total. The van der Waals surface area contributed by atoms with Crippen LogP contribution in [0, 0.1) is 0 Å². The molecule has 1 aliphatic rings. The van der Waals surface area contributed by atoms with Crippen molar-refractivity contribution in [1.82, 2.24) is 0 Å². The van der Waals surface area contributed by atoms with Crippen molar-refractivity contribution in [2.75, 3.05) is 12.4 Å². The molecule has 0 fully saturated rings. The first-order valence-corrected chi connectivity index (χ1v) is 6.08. The minimum Gasteiger partial charge on any atom is -0.468 e. The van der Waals surface area contributed by atoms with Gasteiger partial charge in [0.1, 0.15) is 0 Å². The van der Waals surface area contributed by atoms with Gasteiger partial charge in [-0.3, -0.25) is 9.59 Å². The molecular formula is C12H12BrNO3. The van der Waals surface area contributed by atoms with E-state index in [2.05, 4.69) is 26.0 Å². The summed E-state index contributed by atoms with van der Waals surface area (Å²) in [6, 6.07) is 3.73. The van der Waals surface area contributed by atoms with Crippen LogP contribution in [0.15, 0.2) is 16.6 Å². The van der Waals surface area contributed by atoms with Crippen molar-refractivity contribution in [1.29, 1.82) is 0 Å². The second-order valence-corrected chi connectivity index (χ2v) is 4.74. The predicted octanol–water partition coefficient (Wildman–Crippen LogP) is 2.22. The Morgan fingerprint density at radius 1 is 1.53 bits per heavy atom. The van der Waals surface area contributed by atoms with E-state index >= 15 is 0 Å². The molecule has 0 saturated carbocycles. The quantitative estimate of drug-likeness (QED) is 0.673. The number of carbonyl (C=O) groups is 2. The third kappa shape index (κ3) is 1.95. The molecule has 1 atom stereocenters. The van der Waals surface area contributed by atoms with E-state index in [1.54, 1.807) is 6.07 Å². The van der Waals surface area contributed by atoms with Crippen LogP contribution in [0.2, 0.25) is 0 Å². The summed E-state index contributed by atoms with van der Waals surface area (Å²) in [5, 5.41) is 2.75. The van der Waals surface area contributed by atoms with Crippen molar-refractivity contribution < 1.29 is 14.3 Å². The largest absolute Gasteiger partial charge is 0.468 e. The van der Waals surface area contributed by atoms with Crippen LogP contribution >= 0.6 is 15.9 Å². The summed E-state index contributed by atoms with van der Waals surface area (Å²) in [4.78, 5) is 23.4. The normalized spacial score (nSPS) is 17.6. The van der Waals surface area contributed by atoms with Gasteiger partial charge in [-0.25, -0.2) is 0 Å².